The number of ether oxygens (including phenoxy) is 1. The summed E-state index contributed by atoms with van der Waals surface area (Å²) in [6.45, 7) is 7.56. The van der Waals surface area contributed by atoms with Gasteiger partial charge in [-0.05, 0) is 40.7 Å². The first-order chi connectivity index (χ1) is 13.9. The van der Waals surface area contributed by atoms with Crippen molar-refractivity contribution in [3.63, 3.8) is 0 Å². The Hall–Kier alpha value is -2.92. The third kappa shape index (κ3) is 4.40. The fourth-order valence-corrected chi connectivity index (χ4v) is 4.21. The molecule has 0 N–H and O–H groups in total. The Labute approximate surface area is 171 Å². The van der Waals surface area contributed by atoms with Crippen molar-refractivity contribution in [3.05, 3.63) is 83.2 Å². The summed E-state index contributed by atoms with van der Waals surface area (Å²) < 4.78 is 6.49. The van der Waals surface area contributed by atoms with E-state index >= 15 is 0 Å². The number of nitrogens with zero attached hydrogens (tertiary/aromatic N) is 3. The number of hydrogen-bond donors (Lipinski definition) is 0. The van der Waals surface area contributed by atoms with Crippen LogP contribution in [0.1, 0.15) is 40.9 Å². The number of carbonyl (C=O) groups excluding carboxylic acids is 1. The van der Waals surface area contributed by atoms with Gasteiger partial charge in [0.1, 0.15) is 0 Å². The fourth-order valence-electron chi connectivity index (χ4n) is 4.21. The number of carbonyl (C=O) groups is 1. The summed E-state index contributed by atoms with van der Waals surface area (Å²) in [5, 5.41) is 4.31. The Balaban J connectivity index is 1.56. The topological polar surface area (TPSA) is 47.4 Å². The monoisotopic (exact) mass is 389 g/mol. The van der Waals surface area contributed by atoms with Crippen molar-refractivity contribution < 1.29 is 9.53 Å². The quantitative estimate of drug-likeness (QED) is 0.626. The minimum absolute atomic E-state index is 0.224. The highest BCUT2D eigenvalue weighted by molar-refractivity contribution is 5.88. The molecule has 2 aromatic carbocycles. The molecule has 0 saturated heterocycles. The molecule has 1 aromatic heterocycles. The van der Waals surface area contributed by atoms with E-state index in [2.05, 4.69) is 60.2 Å². The van der Waals surface area contributed by atoms with Gasteiger partial charge in [-0.3, -0.25) is 4.90 Å². The Morgan fingerprint density at radius 2 is 1.93 bits per heavy atom. The zero-order valence-electron chi connectivity index (χ0n) is 17.3. The van der Waals surface area contributed by atoms with Crippen molar-refractivity contribution >= 4 is 5.97 Å². The first-order valence-corrected chi connectivity index (χ1v) is 9.95. The summed E-state index contributed by atoms with van der Waals surface area (Å²) in [6.07, 6.45) is 4.34. The molecule has 1 aliphatic heterocycles. The van der Waals surface area contributed by atoms with Crippen LogP contribution in [0.2, 0.25) is 0 Å². The van der Waals surface area contributed by atoms with Crippen LogP contribution in [0.5, 0.6) is 0 Å². The number of fused-ring (bicyclic) bond motifs is 1. The molecule has 0 fully saturated rings. The standard InChI is InChI=1S/C24H27N3O2/c1-24(2)12-19-8-4-5-9-20(19)15-26(17-24)14-18-7-6-10-22(11-18)27-16-21(13-25-27)23(28)29-3/h4-11,13,16H,12,14-15,17H2,1-3H3. The summed E-state index contributed by atoms with van der Waals surface area (Å²) in [5.74, 6) is -0.377. The van der Waals surface area contributed by atoms with Gasteiger partial charge in [0.05, 0.1) is 24.6 Å². The molecule has 0 amide bonds. The molecule has 150 valence electrons. The van der Waals surface area contributed by atoms with E-state index in [1.54, 1.807) is 10.9 Å². The van der Waals surface area contributed by atoms with Gasteiger partial charge in [-0.25, -0.2) is 9.48 Å². The van der Waals surface area contributed by atoms with Gasteiger partial charge in [-0.1, -0.05) is 50.2 Å². The fraction of sp³-hybridized carbons (Fsp3) is 0.333. The molecule has 3 aromatic rings. The van der Waals surface area contributed by atoms with Gasteiger partial charge in [0.25, 0.3) is 0 Å². The molecule has 0 atom stereocenters. The van der Waals surface area contributed by atoms with Gasteiger partial charge >= 0.3 is 5.97 Å². The predicted molar refractivity (Wildman–Crippen MR) is 113 cm³/mol. The number of rotatable bonds is 4. The maximum absolute atomic E-state index is 11.7. The lowest BCUT2D eigenvalue weighted by Gasteiger charge is -2.29. The number of aromatic nitrogens is 2. The molecule has 0 spiro atoms. The molecular weight excluding hydrogens is 362 g/mol. The summed E-state index contributed by atoms with van der Waals surface area (Å²) in [6, 6.07) is 17.1. The molecule has 2 heterocycles. The largest absolute Gasteiger partial charge is 0.465 e. The van der Waals surface area contributed by atoms with E-state index in [9.17, 15) is 4.79 Å². The second kappa shape index (κ2) is 7.84. The van der Waals surface area contributed by atoms with E-state index in [1.807, 2.05) is 12.1 Å². The average Bonchev–Trinajstić information content (AvgIpc) is 3.14. The Morgan fingerprint density at radius 3 is 2.72 bits per heavy atom. The lowest BCUT2D eigenvalue weighted by atomic mass is 9.85. The second-order valence-electron chi connectivity index (χ2n) is 8.59. The number of benzene rings is 2. The van der Waals surface area contributed by atoms with Gasteiger partial charge in [-0.2, -0.15) is 5.10 Å². The number of methoxy groups -OCH3 is 1. The van der Waals surface area contributed by atoms with Crippen LogP contribution in [0.4, 0.5) is 0 Å². The van der Waals surface area contributed by atoms with Gasteiger partial charge in [0.15, 0.2) is 0 Å². The highest BCUT2D eigenvalue weighted by Crippen LogP contribution is 2.31. The van der Waals surface area contributed by atoms with Crippen LogP contribution in [0.25, 0.3) is 5.69 Å². The summed E-state index contributed by atoms with van der Waals surface area (Å²) in [4.78, 5) is 14.2. The van der Waals surface area contributed by atoms with E-state index in [1.165, 1.54) is 30.0 Å². The first-order valence-electron chi connectivity index (χ1n) is 9.95. The molecule has 0 radical (unpaired) electrons. The Morgan fingerprint density at radius 1 is 1.14 bits per heavy atom. The average molecular weight is 389 g/mol. The lowest BCUT2D eigenvalue weighted by molar-refractivity contribution is 0.0600. The van der Waals surface area contributed by atoms with Crippen LogP contribution in [0, 0.1) is 5.41 Å². The van der Waals surface area contributed by atoms with Crippen molar-refractivity contribution in [3.8, 4) is 5.69 Å². The Bertz CT molecular complexity index is 1020. The van der Waals surface area contributed by atoms with Crippen LogP contribution in [-0.2, 0) is 24.2 Å². The molecule has 5 nitrogen and oxygen atoms in total. The van der Waals surface area contributed by atoms with Gasteiger partial charge in [0, 0.05) is 25.8 Å². The van der Waals surface area contributed by atoms with Crippen molar-refractivity contribution in [1.29, 1.82) is 0 Å². The maximum atomic E-state index is 11.7. The Kier molecular flexibility index (Phi) is 5.24. The zero-order chi connectivity index (χ0) is 20.4. The maximum Gasteiger partial charge on any atom is 0.341 e. The molecule has 5 heteroatoms. The van der Waals surface area contributed by atoms with Crippen molar-refractivity contribution in [2.75, 3.05) is 13.7 Å². The molecule has 1 aliphatic rings. The SMILES string of the molecule is COC(=O)c1cnn(-c2cccc(CN3Cc4ccccc4CC(C)(C)C3)c2)c1. The summed E-state index contributed by atoms with van der Waals surface area (Å²) >= 11 is 0. The summed E-state index contributed by atoms with van der Waals surface area (Å²) in [7, 11) is 1.38. The van der Waals surface area contributed by atoms with Crippen LogP contribution in [0.15, 0.2) is 60.9 Å². The number of hydrogen-bond acceptors (Lipinski definition) is 4. The molecule has 0 aliphatic carbocycles. The van der Waals surface area contributed by atoms with E-state index < -0.39 is 0 Å². The number of esters is 1. The van der Waals surface area contributed by atoms with E-state index in [4.69, 9.17) is 4.74 Å². The van der Waals surface area contributed by atoms with Crippen LogP contribution in [0.3, 0.4) is 0 Å². The highest BCUT2D eigenvalue weighted by atomic mass is 16.5. The molecule has 4 rings (SSSR count). The normalized spacial score (nSPS) is 16.1. The van der Waals surface area contributed by atoms with Gasteiger partial charge in [0.2, 0.25) is 0 Å². The van der Waals surface area contributed by atoms with E-state index in [-0.39, 0.29) is 11.4 Å². The third-order valence-corrected chi connectivity index (χ3v) is 5.42. The highest BCUT2D eigenvalue weighted by Gasteiger charge is 2.27. The molecule has 29 heavy (non-hydrogen) atoms. The molecule has 0 bridgehead atoms. The van der Waals surface area contributed by atoms with Crippen molar-refractivity contribution in [1.82, 2.24) is 14.7 Å². The van der Waals surface area contributed by atoms with Gasteiger partial charge < -0.3 is 4.74 Å². The van der Waals surface area contributed by atoms with Crippen LogP contribution >= 0.6 is 0 Å². The third-order valence-electron chi connectivity index (χ3n) is 5.42. The van der Waals surface area contributed by atoms with E-state index in [0.717, 1.165) is 31.7 Å². The predicted octanol–water partition coefficient (Wildman–Crippen LogP) is 4.24. The van der Waals surface area contributed by atoms with Crippen molar-refractivity contribution in [2.24, 2.45) is 5.41 Å². The van der Waals surface area contributed by atoms with Crippen LogP contribution < -0.4 is 0 Å². The zero-order valence-corrected chi connectivity index (χ0v) is 17.3. The molecular formula is C24H27N3O2. The minimum atomic E-state index is -0.377. The summed E-state index contributed by atoms with van der Waals surface area (Å²) in [5.41, 5.74) is 5.72. The second-order valence-corrected chi connectivity index (χ2v) is 8.59. The van der Waals surface area contributed by atoms with Crippen molar-refractivity contribution in [2.45, 2.75) is 33.4 Å². The smallest absolute Gasteiger partial charge is 0.341 e. The molecule has 0 unspecified atom stereocenters. The minimum Gasteiger partial charge on any atom is -0.465 e. The lowest BCUT2D eigenvalue weighted by Crippen LogP contribution is -2.32. The van der Waals surface area contributed by atoms with Gasteiger partial charge in [-0.15, -0.1) is 0 Å². The molecule has 0 saturated carbocycles. The van der Waals surface area contributed by atoms with E-state index in [0.29, 0.717) is 5.56 Å². The first kappa shape index (κ1) is 19.4. The van der Waals surface area contributed by atoms with Crippen LogP contribution in [-0.4, -0.2) is 34.3 Å².